The van der Waals surface area contributed by atoms with Crippen LogP contribution >= 0.6 is 0 Å². The number of non-ortho nitro benzene ring substituents is 1. The number of rotatable bonds is 4. The van der Waals surface area contributed by atoms with Crippen LogP contribution in [-0.2, 0) is 19.7 Å². The molecule has 3 aliphatic rings. The molecule has 1 saturated carbocycles. The summed E-state index contributed by atoms with van der Waals surface area (Å²) in [7, 11) is 1.71. The maximum absolute atomic E-state index is 14.6. The Morgan fingerprint density at radius 2 is 1.79 bits per heavy atom. The number of nitro benzene ring substituents is 1. The molecule has 0 radical (unpaired) electrons. The number of ketones is 1. The molecule has 0 N–H and O–H groups in total. The number of para-hydroxylation sites is 1. The Hall–Kier alpha value is -4.33. The number of Topliss-reactive ketones (excluding diaryl/α,β-unsaturated/α-hetero) is 1. The Balaban J connectivity index is 1.71. The summed E-state index contributed by atoms with van der Waals surface area (Å²) in [6, 6.07) is 19.3. The second kappa shape index (κ2) is 8.34. The number of hydrogen-bond donors (Lipinski definition) is 0. The van der Waals surface area contributed by atoms with Gasteiger partial charge in [0.25, 0.3) is 5.69 Å². The zero-order chi connectivity index (χ0) is 26.9. The van der Waals surface area contributed by atoms with Gasteiger partial charge >= 0.3 is 5.97 Å². The molecule has 1 heterocycles. The predicted molar refractivity (Wildman–Crippen MR) is 139 cm³/mol. The van der Waals surface area contributed by atoms with Gasteiger partial charge in [0.05, 0.1) is 28.6 Å². The van der Waals surface area contributed by atoms with Gasteiger partial charge in [0.2, 0.25) is 5.91 Å². The molecule has 38 heavy (non-hydrogen) atoms. The van der Waals surface area contributed by atoms with Gasteiger partial charge in [0, 0.05) is 42.5 Å². The van der Waals surface area contributed by atoms with Crippen molar-refractivity contribution in [2.45, 2.75) is 31.1 Å². The zero-order valence-corrected chi connectivity index (χ0v) is 21.2. The van der Waals surface area contributed by atoms with Crippen molar-refractivity contribution < 1.29 is 24.0 Å². The van der Waals surface area contributed by atoms with Crippen molar-refractivity contribution in [3.05, 3.63) is 105 Å². The van der Waals surface area contributed by atoms with E-state index in [1.54, 1.807) is 24.9 Å². The first-order valence-corrected chi connectivity index (χ1v) is 12.7. The van der Waals surface area contributed by atoms with Crippen molar-refractivity contribution in [1.29, 1.82) is 0 Å². The van der Waals surface area contributed by atoms with Gasteiger partial charge in [0.15, 0.2) is 5.78 Å². The maximum atomic E-state index is 14.6. The van der Waals surface area contributed by atoms with Crippen LogP contribution < -0.4 is 4.90 Å². The third-order valence-corrected chi connectivity index (χ3v) is 8.64. The highest BCUT2D eigenvalue weighted by atomic mass is 16.6. The number of amides is 1. The molecule has 6 rings (SSSR count). The van der Waals surface area contributed by atoms with E-state index in [1.165, 1.54) is 12.1 Å². The van der Waals surface area contributed by atoms with E-state index in [0.717, 1.165) is 16.8 Å². The van der Waals surface area contributed by atoms with Crippen LogP contribution in [0.25, 0.3) is 0 Å². The summed E-state index contributed by atoms with van der Waals surface area (Å²) in [5.41, 5.74) is 2.33. The number of esters is 1. The maximum Gasteiger partial charge on any atom is 0.311 e. The van der Waals surface area contributed by atoms with Crippen molar-refractivity contribution in [2.24, 2.45) is 11.8 Å². The van der Waals surface area contributed by atoms with Gasteiger partial charge in [-0.15, -0.1) is 0 Å². The van der Waals surface area contributed by atoms with E-state index in [9.17, 15) is 24.5 Å². The van der Waals surface area contributed by atoms with Crippen LogP contribution in [0, 0.1) is 28.9 Å². The van der Waals surface area contributed by atoms with E-state index in [-0.39, 0.29) is 29.5 Å². The van der Waals surface area contributed by atoms with E-state index in [2.05, 4.69) is 0 Å². The fourth-order valence-electron chi connectivity index (χ4n) is 7.43. The van der Waals surface area contributed by atoms with Crippen molar-refractivity contribution in [3.63, 3.8) is 0 Å². The highest BCUT2D eigenvalue weighted by molar-refractivity contribution is 6.15. The Morgan fingerprint density at radius 1 is 1.05 bits per heavy atom. The predicted octanol–water partition coefficient (Wildman–Crippen LogP) is 4.69. The smallest absolute Gasteiger partial charge is 0.311 e. The molecule has 2 aliphatic carbocycles. The van der Waals surface area contributed by atoms with E-state index in [4.69, 9.17) is 4.74 Å². The molecule has 0 bridgehead atoms. The standard InChI is InChI=1S/C30H26N2O6/c1-4-38-28(34)25-22-19-14-13-18(32(36)37)15-20(19)27(33)23(22)24(17-10-6-5-7-11-17)30(25)21-12-8-9-16(2)26(21)31(3)29(30)35/h5-15,22-25H,4H2,1-3H3. The van der Waals surface area contributed by atoms with Gasteiger partial charge in [-0.3, -0.25) is 24.5 Å². The average Bonchev–Trinajstić information content (AvgIpc) is 3.46. The second-order valence-electron chi connectivity index (χ2n) is 10.3. The first kappa shape index (κ1) is 24.0. The van der Waals surface area contributed by atoms with Gasteiger partial charge in [-0.1, -0.05) is 54.6 Å². The molecule has 3 aromatic rings. The number of benzene rings is 3. The molecule has 1 spiro atoms. The molecule has 1 fully saturated rings. The van der Waals surface area contributed by atoms with Crippen LogP contribution in [0.2, 0.25) is 0 Å². The fourth-order valence-corrected chi connectivity index (χ4v) is 7.43. The summed E-state index contributed by atoms with van der Waals surface area (Å²) in [4.78, 5) is 55.3. The van der Waals surface area contributed by atoms with E-state index < -0.39 is 40.0 Å². The Bertz CT molecular complexity index is 1530. The van der Waals surface area contributed by atoms with Crippen molar-refractivity contribution in [1.82, 2.24) is 0 Å². The Kier molecular flexibility index (Phi) is 5.28. The summed E-state index contributed by atoms with van der Waals surface area (Å²) < 4.78 is 5.62. The van der Waals surface area contributed by atoms with Crippen LogP contribution in [-0.4, -0.2) is 36.2 Å². The van der Waals surface area contributed by atoms with E-state index in [1.807, 2.05) is 55.5 Å². The quantitative estimate of drug-likeness (QED) is 0.286. The van der Waals surface area contributed by atoms with Gasteiger partial charge < -0.3 is 9.64 Å². The number of anilines is 1. The van der Waals surface area contributed by atoms with Crippen molar-refractivity contribution in [3.8, 4) is 0 Å². The number of ether oxygens (including phenoxy) is 1. The summed E-state index contributed by atoms with van der Waals surface area (Å²) in [6.45, 7) is 3.75. The highest BCUT2D eigenvalue weighted by Gasteiger charge is 2.74. The number of hydrogen-bond acceptors (Lipinski definition) is 6. The zero-order valence-electron chi connectivity index (χ0n) is 21.2. The summed E-state index contributed by atoms with van der Waals surface area (Å²) in [6.07, 6.45) is 0. The second-order valence-corrected chi connectivity index (χ2v) is 10.3. The number of nitro groups is 1. The lowest BCUT2D eigenvalue weighted by Crippen LogP contribution is -2.49. The van der Waals surface area contributed by atoms with Crippen molar-refractivity contribution >= 4 is 29.0 Å². The normalized spacial score (nSPS) is 26.9. The van der Waals surface area contributed by atoms with Crippen LogP contribution in [0.3, 0.4) is 0 Å². The van der Waals surface area contributed by atoms with Gasteiger partial charge in [0.1, 0.15) is 0 Å². The van der Waals surface area contributed by atoms with Gasteiger partial charge in [-0.2, -0.15) is 0 Å². The molecule has 0 aromatic heterocycles. The first-order valence-electron chi connectivity index (χ1n) is 12.7. The molecular formula is C30H26N2O6. The number of fused-ring (bicyclic) bond motifs is 5. The first-order chi connectivity index (χ1) is 18.2. The lowest BCUT2D eigenvalue weighted by molar-refractivity contribution is -0.384. The molecule has 192 valence electrons. The molecule has 3 aromatic carbocycles. The van der Waals surface area contributed by atoms with E-state index in [0.29, 0.717) is 11.1 Å². The molecule has 8 nitrogen and oxygen atoms in total. The lowest BCUT2D eigenvalue weighted by Gasteiger charge is -2.36. The summed E-state index contributed by atoms with van der Waals surface area (Å²) in [5.74, 6) is -4.21. The molecule has 5 atom stereocenters. The molecule has 0 saturated heterocycles. The monoisotopic (exact) mass is 510 g/mol. The van der Waals surface area contributed by atoms with Gasteiger partial charge in [-0.05, 0) is 36.1 Å². The molecule has 1 aliphatic heterocycles. The SMILES string of the molecule is CCOC(=O)C1C2c3ccc([N+](=O)[O-])cc3C(=O)C2C(c2ccccc2)C12C(=O)N(C)c1c(C)cccc12. The minimum atomic E-state index is -1.38. The van der Waals surface area contributed by atoms with Crippen LogP contribution in [0.15, 0.2) is 66.7 Å². The minimum absolute atomic E-state index is 0.116. The van der Waals surface area contributed by atoms with Crippen LogP contribution in [0.5, 0.6) is 0 Å². The number of aryl methyl sites for hydroxylation is 1. The number of carbonyl (C=O) groups excluding carboxylic acids is 3. The topological polar surface area (TPSA) is 107 Å². The average molecular weight is 511 g/mol. The molecule has 5 unspecified atom stereocenters. The van der Waals surface area contributed by atoms with Crippen molar-refractivity contribution in [2.75, 3.05) is 18.6 Å². The Labute approximate surface area is 219 Å². The number of nitrogens with zero attached hydrogens (tertiary/aromatic N) is 2. The summed E-state index contributed by atoms with van der Waals surface area (Å²) >= 11 is 0. The third-order valence-electron chi connectivity index (χ3n) is 8.64. The molecule has 1 amide bonds. The minimum Gasteiger partial charge on any atom is -0.466 e. The lowest BCUT2D eigenvalue weighted by atomic mass is 9.63. The third kappa shape index (κ3) is 2.88. The van der Waals surface area contributed by atoms with E-state index >= 15 is 0 Å². The number of carbonyl (C=O) groups is 3. The van der Waals surface area contributed by atoms with Crippen LogP contribution in [0.4, 0.5) is 11.4 Å². The highest BCUT2D eigenvalue weighted by Crippen LogP contribution is 2.70. The largest absolute Gasteiger partial charge is 0.466 e. The summed E-state index contributed by atoms with van der Waals surface area (Å²) in [5, 5.41) is 11.5. The fraction of sp³-hybridized carbons (Fsp3) is 0.300. The molecule has 8 heteroatoms. The Morgan fingerprint density at radius 3 is 2.47 bits per heavy atom. The van der Waals surface area contributed by atoms with Gasteiger partial charge in [-0.25, -0.2) is 0 Å². The number of likely N-dealkylation sites (N-methyl/N-ethyl adjacent to an activating group) is 1. The molecular weight excluding hydrogens is 484 g/mol. The van der Waals surface area contributed by atoms with Crippen LogP contribution in [0.1, 0.15) is 51.4 Å².